The van der Waals surface area contributed by atoms with Crippen LogP contribution in [0.1, 0.15) is 5.56 Å². The number of nitrogens with one attached hydrogen (secondary N) is 2. The number of carbonyl (C=O) groups is 1. The van der Waals surface area contributed by atoms with E-state index in [9.17, 15) is 4.79 Å². The average Bonchev–Trinajstić information content (AvgIpc) is 2.45. The predicted molar refractivity (Wildman–Crippen MR) is 83.1 cm³/mol. The predicted octanol–water partition coefficient (Wildman–Crippen LogP) is 3.11. The van der Waals surface area contributed by atoms with Crippen molar-refractivity contribution in [1.82, 2.24) is 5.32 Å². The summed E-state index contributed by atoms with van der Waals surface area (Å²) in [6, 6.07) is 17.3. The molecule has 104 valence electrons. The van der Waals surface area contributed by atoms with Gasteiger partial charge in [-0.05, 0) is 36.7 Å². The molecule has 2 aromatic rings. The lowest BCUT2D eigenvalue weighted by molar-refractivity contribution is -0.115. The van der Waals surface area contributed by atoms with E-state index in [1.165, 1.54) is 5.56 Å². The SMILES string of the molecule is O=C(CNCCc1ccccc1)Nc1cccc(Cl)c1. The van der Waals surface area contributed by atoms with Crippen LogP contribution in [0.5, 0.6) is 0 Å². The molecule has 2 rings (SSSR count). The molecule has 0 heterocycles. The molecule has 0 fully saturated rings. The second-order valence-electron chi connectivity index (χ2n) is 4.47. The lowest BCUT2D eigenvalue weighted by Gasteiger charge is -2.07. The van der Waals surface area contributed by atoms with Crippen molar-refractivity contribution >= 4 is 23.2 Å². The molecular formula is C16H17ClN2O. The van der Waals surface area contributed by atoms with Crippen LogP contribution in [0, 0.1) is 0 Å². The van der Waals surface area contributed by atoms with Gasteiger partial charge in [0.2, 0.25) is 5.91 Å². The van der Waals surface area contributed by atoms with Gasteiger partial charge in [0.05, 0.1) is 6.54 Å². The molecule has 0 aliphatic carbocycles. The first-order chi connectivity index (χ1) is 9.74. The van der Waals surface area contributed by atoms with Crippen LogP contribution in [-0.2, 0) is 11.2 Å². The second-order valence-corrected chi connectivity index (χ2v) is 4.91. The Morgan fingerprint density at radius 1 is 1.05 bits per heavy atom. The van der Waals surface area contributed by atoms with Crippen LogP contribution in [-0.4, -0.2) is 19.0 Å². The van der Waals surface area contributed by atoms with Gasteiger partial charge in [-0.2, -0.15) is 0 Å². The highest BCUT2D eigenvalue weighted by Gasteiger charge is 2.02. The number of amides is 1. The quantitative estimate of drug-likeness (QED) is 0.802. The molecule has 20 heavy (non-hydrogen) atoms. The van der Waals surface area contributed by atoms with Gasteiger partial charge in [-0.1, -0.05) is 48.0 Å². The summed E-state index contributed by atoms with van der Waals surface area (Å²) < 4.78 is 0. The molecular weight excluding hydrogens is 272 g/mol. The molecule has 0 radical (unpaired) electrons. The Morgan fingerprint density at radius 3 is 2.60 bits per heavy atom. The average molecular weight is 289 g/mol. The number of carbonyl (C=O) groups excluding carboxylic acids is 1. The smallest absolute Gasteiger partial charge is 0.238 e. The van der Waals surface area contributed by atoms with E-state index in [4.69, 9.17) is 11.6 Å². The second kappa shape index (κ2) is 7.68. The summed E-state index contributed by atoms with van der Waals surface area (Å²) in [6.07, 6.45) is 0.908. The first kappa shape index (κ1) is 14.6. The molecule has 0 atom stereocenters. The van der Waals surface area contributed by atoms with Gasteiger partial charge in [0.25, 0.3) is 0 Å². The minimum Gasteiger partial charge on any atom is -0.325 e. The third-order valence-electron chi connectivity index (χ3n) is 2.83. The van der Waals surface area contributed by atoms with Crippen LogP contribution in [0.3, 0.4) is 0 Å². The van der Waals surface area contributed by atoms with Crippen molar-refractivity contribution in [2.24, 2.45) is 0 Å². The van der Waals surface area contributed by atoms with Crippen LogP contribution in [0.4, 0.5) is 5.69 Å². The minimum absolute atomic E-state index is 0.0691. The van der Waals surface area contributed by atoms with Crippen LogP contribution in [0.15, 0.2) is 54.6 Å². The highest BCUT2D eigenvalue weighted by molar-refractivity contribution is 6.30. The van der Waals surface area contributed by atoms with E-state index >= 15 is 0 Å². The Kier molecular flexibility index (Phi) is 5.59. The van der Waals surface area contributed by atoms with E-state index in [2.05, 4.69) is 22.8 Å². The first-order valence-corrected chi connectivity index (χ1v) is 6.92. The number of hydrogen-bond acceptors (Lipinski definition) is 2. The molecule has 0 bridgehead atoms. The van der Waals surface area contributed by atoms with E-state index < -0.39 is 0 Å². The molecule has 1 amide bonds. The summed E-state index contributed by atoms with van der Waals surface area (Å²) in [6.45, 7) is 1.06. The minimum atomic E-state index is -0.0691. The number of hydrogen-bond donors (Lipinski definition) is 2. The van der Waals surface area contributed by atoms with Crippen molar-refractivity contribution in [1.29, 1.82) is 0 Å². The number of rotatable bonds is 6. The number of benzene rings is 2. The van der Waals surface area contributed by atoms with Gasteiger partial charge < -0.3 is 10.6 Å². The fraction of sp³-hybridized carbons (Fsp3) is 0.188. The summed E-state index contributed by atoms with van der Waals surface area (Å²) in [7, 11) is 0. The molecule has 0 aromatic heterocycles. The molecule has 2 N–H and O–H groups in total. The van der Waals surface area contributed by atoms with E-state index in [-0.39, 0.29) is 5.91 Å². The van der Waals surface area contributed by atoms with Crippen LogP contribution >= 0.6 is 11.6 Å². The van der Waals surface area contributed by atoms with Gasteiger partial charge in [0.15, 0.2) is 0 Å². The molecule has 0 spiro atoms. The zero-order valence-corrected chi connectivity index (χ0v) is 11.9. The van der Waals surface area contributed by atoms with Gasteiger partial charge in [-0.3, -0.25) is 4.79 Å². The molecule has 0 saturated heterocycles. The fourth-order valence-corrected chi connectivity index (χ4v) is 2.04. The zero-order chi connectivity index (χ0) is 14.2. The molecule has 0 unspecified atom stereocenters. The number of anilines is 1. The largest absolute Gasteiger partial charge is 0.325 e. The van der Waals surface area contributed by atoms with Crippen molar-refractivity contribution in [3.63, 3.8) is 0 Å². The summed E-state index contributed by atoms with van der Waals surface area (Å²) in [5, 5.41) is 6.53. The highest BCUT2D eigenvalue weighted by atomic mass is 35.5. The van der Waals surface area contributed by atoms with Crippen LogP contribution in [0.25, 0.3) is 0 Å². The lowest BCUT2D eigenvalue weighted by Crippen LogP contribution is -2.29. The van der Waals surface area contributed by atoms with E-state index in [0.29, 0.717) is 17.3 Å². The van der Waals surface area contributed by atoms with E-state index in [1.807, 2.05) is 24.3 Å². The monoisotopic (exact) mass is 288 g/mol. The Hall–Kier alpha value is -1.84. The Bertz CT molecular complexity index is 557. The number of halogens is 1. The molecule has 3 nitrogen and oxygen atoms in total. The van der Waals surface area contributed by atoms with Gasteiger partial charge in [-0.25, -0.2) is 0 Å². The molecule has 0 saturated carbocycles. The highest BCUT2D eigenvalue weighted by Crippen LogP contribution is 2.14. The Balaban J connectivity index is 1.68. The van der Waals surface area contributed by atoms with E-state index in [1.54, 1.807) is 18.2 Å². The van der Waals surface area contributed by atoms with Crippen molar-refractivity contribution in [2.75, 3.05) is 18.4 Å². The van der Waals surface area contributed by atoms with Crippen molar-refractivity contribution in [3.05, 3.63) is 65.2 Å². The van der Waals surface area contributed by atoms with Crippen molar-refractivity contribution < 1.29 is 4.79 Å². The van der Waals surface area contributed by atoms with E-state index in [0.717, 1.165) is 13.0 Å². The Morgan fingerprint density at radius 2 is 1.85 bits per heavy atom. The maximum atomic E-state index is 11.7. The van der Waals surface area contributed by atoms with Crippen LogP contribution in [0.2, 0.25) is 5.02 Å². The van der Waals surface area contributed by atoms with Gasteiger partial charge >= 0.3 is 0 Å². The van der Waals surface area contributed by atoms with Crippen LogP contribution < -0.4 is 10.6 Å². The molecule has 0 aliphatic rings. The van der Waals surface area contributed by atoms with Gasteiger partial charge in [0, 0.05) is 10.7 Å². The summed E-state index contributed by atoms with van der Waals surface area (Å²) >= 11 is 5.86. The summed E-state index contributed by atoms with van der Waals surface area (Å²) in [5.74, 6) is -0.0691. The maximum Gasteiger partial charge on any atom is 0.238 e. The third kappa shape index (κ3) is 5.03. The maximum absolute atomic E-state index is 11.7. The van der Waals surface area contributed by atoms with Crippen molar-refractivity contribution in [2.45, 2.75) is 6.42 Å². The summed E-state index contributed by atoms with van der Waals surface area (Å²) in [4.78, 5) is 11.7. The van der Waals surface area contributed by atoms with Crippen molar-refractivity contribution in [3.8, 4) is 0 Å². The molecule has 0 aliphatic heterocycles. The lowest BCUT2D eigenvalue weighted by atomic mass is 10.1. The first-order valence-electron chi connectivity index (χ1n) is 6.54. The summed E-state index contributed by atoms with van der Waals surface area (Å²) in [5.41, 5.74) is 1.97. The molecule has 4 heteroatoms. The molecule has 2 aromatic carbocycles. The Labute approximate surface area is 124 Å². The fourth-order valence-electron chi connectivity index (χ4n) is 1.85. The van der Waals surface area contributed by atoms with Gasteiger partial charge in [-0.15, -0.1) is 0 Å². The normalized spacial score (nSPS) is 10.2. The standard InChI is InChI=1S/C16H17ClN2O/c17-14-7-4-8-15(11-14)19-16(20)12-18-10-9-13-5-2-1-3-6-13/h1-8,11,18H,9-10,12H2,(H,19,20). The topological polar surface area (TPSA) is 41.1 Å². The third-order valence-corrected chi connectivity index (χ3v) is 3.06. The van der Waals surface area contributed by atoms with Gasteiger partial charge in [0.1, 0.15) is 0 Å². The zero-order valence-electron chi connectivity index (χ0n) is 11.1.